The van der Waals surface area contributed by atoms with Crippen molar-refractivity contribution in [2.24, 2.45) is 5.92 Å². The van der Waals surface area contributed by atoms with E-state index in [4.69, 9.17) is 18.7 Å². The summed E-state index contributed by atoms with van der Waals surface area (Å²) in [5.74, 6) is 2.66. The number of amides is 1. The van der Waals surface area contributed by atoms with Crippen LogP contribution in [0.25, 0.3) is 11.4 Å². The third-order valence-electron chi connectivity index (χ3n) is 6.95. The Balaban J connectivity index is 1.34. The molecule has 0 aliphatic carbocycles. The quantitative estimate of drug-likeness (QED) is 0.436. The van der Waals surface area contributed by atoms with Gasteiger partial charge in [0.05, 0.1) is 33.8 Å². The van der Waals surface area contributed by atoms with Gasteiger partial charge in [-0.25, -0.2) is 0 Å². The van der Waals surface area contributed by atoms with Crippen molar-refractivity contribution in [1.82, 2.24) is 20.4 Å². The van der Waals surface area contributed by atoms with E-state index in [0.29, 0.717) is 48.6 Å². The second-order valence-corrected chi connectivity index (χ2v) is 10.6. The molecule has 1 aliphatic heterocycles. The third-order valence-corrected chi connectivity index (χ3v) is 6.95. The van der Waals surface area contributed by atoms with Crippen LogP contribution in [0.2, 0.25) is 0 Å². The zero-order valence-electron chi connectivity index (χ0n) is 23.2. The zero-order chi connectivity index (χ0) is 27.3. The first-order chi connectivity index (χ1) is 18.2. The summed E-state index contributed by atoms with van der Waals surface area (Å²) < 4.78 is 21.9. The summed E-state index contributed by atoms with van der Waals surface area (Å²) in [4.78, 5) is 19.9. The molecule has 9 heteroatoms. The molecule has 1 N–H and O–H groups in total. The van der Waals surface area contributed by atoms with Gasteiger partial charge in [0.15, 0.2) is 11.5 Å². The van der Waals surface area contributed by atoms with E-state index in [1.54, 1.807) is 21.3 Å². The molecule has 1 atom stereocenters. The van der Waals surface area contributed by atoms with Crippen LogP contribution < -0.4 is 19.5 Å². The third kappa shape index (κ3) is 6.27. The smallest absolute Gasteiger partial charge is 0.241 e. The number of hydrogen-bond acceptors (Lipinski definition) is 8. The van der Waals surface area contributed by atoms with Crippen LogP contribution in [0.3, 0.4) is 0 Å². The topological polar surface area (TPSA) is 99.0 Å². The Morgan fingerprint density at radius 1 is 1.05 bits per heavy atom. The second kappa shape index (κ2) is 11.9. The number of rotatable bonds is 9. The van der Waals surface area contributed by atoms with Crippen molar-refractivity contribution in [2.45, 2.75) is 52.1 Å². The van der Waals surface area contributed by atoms with Crippen molar-refractivity contribution in [3.8, 4) is 28.6 Å². The molecule has 38 heavy (non-hydrogen) atoms. The van der Waals surface area contributed by atoms with Crippen LogP contribution in [0.1, 0.15) is 50.6 Å². The number of ether oxygens (including phenoxy) is 3. The molecule has 1 aliphatic rings. The fraction of sp³-hybridized carbons (Fsp3) is 0.483. The van der Waals surface area contributed by atoms with Gasteiger partial charge in [-0.3, -0.25) is 9.69 Å². The number of benzene rings is 2. The molecule has 0 bridgehead atoms. The summed E-state index contributed by atoms with van der Waals surface area (Å²) >= 11 is 0. The van der Waals surface area contributed by atoms with Gasteiger partial charge in [-0.2, -0.15) is 4.98 Å². The van der Waals surface area contributed by atoms with Crippen molar-refractivity contribution < 1.29 is 23.5 Å². The van der Waals surface area contributed by atoms with Crippen LogP contribution in [0.15, 0.2) is 40.9 Å². The number of methoxy groups -OCH3 is 3. The molecule has 2 heterocycles. The maximum Gasteiger partial charge on any atom is 0.241 e. The predicted molar refractivity (Wildman–Crippen MR) is 144 cm³/mol. The maximum atomic E-state index is 13.0. The fourth-order valence-electron chi connectivity index (χ4n) is 4.79. The van der Waals surface area contributed by atoms with Crippen LogP contribution in [0.4, 0.5) is 0 Å². The minimum atomic E-state index is -0.123. The van der Waals surface area contributed by atoms with Crippen molar-refractivity contribution >= 4 is 5.91 Å². The Hall–Kier alpha value is -3.59. The molecule has 1 unspecified atom stereocenters. The maximum absolute atomic E-state index is 13.0. The molecule has 0 radical (unpaired) electrons. The molecule has 204 valence electrons. The number of likely N-dealkylation sites (tertiary alicyclic amines) is 1. The van der Waals surface area contributed by atoms with Gasteiger partial charge in [0.2, 0.25) is 23.4 Å². The van der Waals surface area contributed by atoms with E-state index in [9.17, 15) is 4.79 Å². The first-order valence-electron chi connectivity index (χ1n) is 12.9. The Kier molecular flexibility index (Phi) is 8.56. The summed E-state index contributed by atoms with van der Waals surface area (Å²) in [5, 5.41) is 7.24. The first kappa shape index (κ1) is 27.4. The fourth-order valence-corrected chi connectivity index (χ4v) is 4.79. The van der Waals surface area contributed by atoms with Gasteiger partial charge in [-0.15, -0.1) is 0 Å². The summed E-state index contributed by atoms with van der Waals surface area (Å²) in [7, 11) is 4.72. The van der Waals surface area contributed by atoms with E-state index < -0.39 is 0 Å². The van der Waals surface area contributed by atoms with Gasteiger partial charge >= 0.3 is 0 Å². The van der Waals surface area contributed by atoms with Crippen LogP contribution in [-0.4, -0.2) is 55.4 Å². The molecule has 1 aromatic heterocycles. The highest BCUT2D eigenvalue weighted by Gasteiger charge is 2.27. The van der Waals surface area contributed by atoms with Gasteiger partial charge in [0.25, 0.3) is 0 Å². The lowest BCUT2D eigenvalue weighted by atomic mass is 9.87. The Labute approximate surface area is 224 Å². The van der Waals surface area contributed by atoms with Crippen LogP contribution in [0.5, 0.6) is 17.2 Å². The molecule has 0 spiro atoms. The number of hydrogen-bond donors (Lipinski definition) is 1. The molecular weight excluding hydrogens is 484 g/mol. The van der Waals surface area contributed by atoms with Crippen molar-refractivity contribution in [2.75, 3.05) is 34.4 Å². The van der Waals surface area contributed by atoms with E-state index in [-0.39, 0.29) is 17.2 Å². The second-order valence-electron chi connectivity index (χ2n) is 10.6. The lowest BCUT2D eigenvalue weighted by molar-refractivity contribution is -0.127. The van der Waals surface area contributed by atoms with E-state index >= 15 is 0 Å². The van der Waals surface area contributed by atoms with Gasteiger partial charge in [0, 0.05) is 24.2 Å². The summed E-state index contributed by atoms with van der Waals surface area (Å²) in [6.45, 7) is 8.92. The van der Waals surface area contributed by atoms with E-state index in [0.717, 1.165) is 30.5 Å². The highest BCUT2D eigenvalue weighted by Crippen LogP contribution is 2.39. The molecule has 1 saturated heterocycles. The highest BCUT2D eigenvalue weighted by atomic mass is 16.5. The summed E-state index contributed by atoms with van der Waals surface area (Å²) in [6.07, 6.45) is 1.76. The lowest BCUT2D eigenvalue weighted by Gasteiger charge is -2.31. The molecule has 3 aromatic rings. The van der Waals surface area contributed by atoms with E-state index in [1.165, 1.54) is 5.56 Å². The molecule has 1 fully saturated rings. The van der Waals surface area contributed by atoms with Gasteiger partial charge in [-0.1, -0.05) is 50.2 Å². The number of piperidine rings is 1. The first-order valence-corrected chi connectivity index (χ1v) is 12.9. The Bertz CT molecular complexity index is 1230. The molecule has 1 amide bonds. The normalized spacial score (nSPS) is 16.2. The number of carbonyl (C=O) groups is 1. The largest absolute Gasteiger partial charge is 0.493 e. The number of nitrogens with zero attached hydrogens (tertiary/aromatic N) is 3. The predicted octanol–water partition coefficient (Wildman–Crippen LogP) is 4.59. The molecule has 9 nitrogen and oxygen atoms in total. The van der Waals surface area contributed by atoms with E-state index in [1.807, 2.05) is 24.3 Å². The standard InChI is InChI=1S/C29H38N4O5/c1-29(2,3)22-12-9-19(10-13-22)27-31-24(38-32-27)18-33-15-7-8-21(17-33)28(34)30-16-20-11-14-23(35-4)26(37-6)25(20)36-5/h9-14,21H,7-8,15-18H2,1-6H3,(H,30,34). The molecule has 4 rings (SSSR count). The SMILES string of the molecule is COc1ccc(CNC(=O)C2CCCN(Cc3nc(-c4ccc(C(C)(C)C)cc4)no3)C2)c(OC)c1OC. The van der Waals surface area contributed by atoms with Crippen LogP contribution in [-0.2, 0) is 23.3 Å². The lowest BCUT2D eigenvalue weighted by Crippen LogP contribution is -2.42. The number of aromatic nitrogens is 2. The van der Waals surface area contributed by atoms with Crippen LogP contribution in [0, 0.1) is 5.92 Å². The summed E-state index contributed by atoms with van der Waals surface area (Å²) in [6, 6.07) is 12.0. The zero-order valence-corrected chi connectivity index (χ0v) is 23.2. The van der Waals surface area contributed by atoms with E-state index in [2.05, 4.69) is 53.3 Å². The number of nitrogens with one attached hydrogen (secondary N) is 1. The molecule has 2 aromatic carbocycles. The Morgan fingerprint density at radius 3 is 2.45 bits per heavy atom. The van der Waals surface area contributed by atoms with Gasteiger partial charge in [-0.05, 0) is 42.5 Å². The minimum absolute atomic E-state index is 0.0108. The average Bonchev–Trinajstić information content (AvgIpc) is 3.39. The van der Waals surface area contributed by atoms with Crippen molar-refractivity contribution in [3.63, 3.8) is 0 Å². The highest BCUT2D eigenvalue weighted by molar-refractivity contribution is 5.79. The van der Waals surface area contributed by atoms with Crippen molar-refractivity contribution in [3.05, 3.63) is 53.4 Å². The van der Waals surface area contributed by atoms with Gasteiger partial charge in [0.1, 0.15) is 0 Å². The molecular formula is C29H38N4O5. The monoisotopic (exact) mass is 522 g/mol. The average molecular weight is 523 g/mol. The van der Waals surface area contributed by atoms with Crippen LogP contribution >= 0.6 is 0 Å². The van der Waals surface area contributed by atoms with Crippen molar-refractivity contribution in [1.29, 1.82) is 0 Å². The number of carbonyl (C=O) groups excluding carboxylic acids is 1. The minimum Gasteiger partial charge on any atom is -0.493 e. The Morgan fingerprint density at radius 2 is 1.79 bits per heavy atom. The molecule has 0 saturated carbocycles. The summed E-state index contributed by atoms with van der Waals surface area (Å²) in [5.41, 5.74) is 3.09. The van der Waals surface area contributed by atoms with Gasteiger partial charge < -0.3 is 24.1 Å².